The van der Waals surface area contributed by atoms with Gasteiger partial charge in [0, 0.05) is 0 Å². The molecule has 0 fully saturated rings. The molecule has 0 saturated carbocycles. The summed E-state index contributed by atoms with van der Waals surface area (Å²) in [5.41, 5.74) is 1.02. The fourth-order valence-electron chi connectivity index (χ4n) is 0.752. The van der Waals surface area contributed by atoms with E-state index in [9.17, 15) is 0 Å². The average Bonchev–Trinajstić information content (AvgIpc) is 2.13. The first-order chi connectivity index (χ1) is 5.83. The van der Waals surface area contributed by atoms with E-state index in [1.54, 1.807) is 0 Å². The summed E-state index contributed by atoms with van der Waals surface area (Å²) in [5.74, 6) is 0.912. The van der Waals surface area contributed by atoms with Crippen LogP contribution in [0.15, 0.2) is 24.3 Å². The quantitative estimate of drug-likeness (QED) is 0.566. The van der Waals surface area contributed by atoms with Gasteiger partial charge < -0.3 is 4.74 Å². The fourth-order valence-corrected chi connectivity index (χ4v) is 0.752. The van der Waals surface area contributed by atoms with E-state index in [1.165, 1.54) is 0 Å². The van der Waals surface area contributed by atoms with Crippen molar-refractivity contribution in [1.29, 1.82) is 0 Å². The number of rotatable bonds is 2. The first-order valence-corrected chi connectivity index (χ1v) is 7.54. The van der Waals surface area contributed by atoms with Crippen LogP contribution in [0.25, 0.3) is 0 Å². The van der Waals surface area contributed by atoms with Gasteiger partial charge >= 0.3 is 27.0 Å². The molecule has 0 atom stereocenters. The minimum absolute atomic E-state index is 0.719. The summed E-state index contributed by atoms with van der Waals surface area (Å²) >= 11 is 0.847. The minimum atomic E-state index is 0.719. The van der Waals surface area contributed by atoms with E-state index < -0.39 is 0 Å². The Balaban J connectivity index is 0.000000561. The van der Waals surface area contributed by atoms with E-state index in [0.29, 0.717) is 0 Å². The Labute approximate surface area is 87.8 Å². The molecule has 1 aromatic carbocycles. The summed E-state index contributed by atoms with van der Waals surface area (Å²) in [5, 5.41) is 0. The number of hydrogen-bond donors (Lipinski definition) is 0. The van der Waals surface area contributed by atoms with E-state index >= 15 is 0 Å². The number of ether oxygens (including phenoxy) is 1. The topological polar surface area (TPSA) is 9.23 Å². The van der Waals surface area contributed by atoms with Crippen LogP contribution in [-0.2, 0) is 17.3 Å². The Morgan fingerprint density at radius 3 is 2.25 bits per heavy atom. The van der Waals surface area contributed by atoms with Crippen molar-refractivity contribution in [1.82, 2.24) is 0 Å². The van der Waals surface area contributed by atoms with Gasteiger partial charge in [-0.2, -0.15) is 24.6 Å². The third kappa shape index (κ3) is 4.63. The normalized spacial score (nSPS) is 8.33. The van der Waals surface area contributed by atoms with Gasteiger partial charge in [-0.3, -0.25) is 0 Å². The number of benzene rings is 1. The van der Waals surface area contributed by atoms with Gasteiger partial charge in [-0.05, 0) is 6.92 Å². The van der Waals surface area contributed by atoms with Crippen LogP contribution in [-0.4, -0.2) is 6.61 Å². The Kier molecular flexibility index (Phi) is 7.33. The van der Waals surface area contributed by atoms with E-state index in [1.807, 2.05) is 31.2 Å². The van der Waals surface area contributed by atoms with E-state index in [4.69, 9.17) is 14.4 Å². The maximum absolute atomic E-state index is 5.23. The van der Waals surface area contributed by atoms with Gasteiger partial charge in [0.2, 0.25) is 0 Å². The molecule has 0 bridgehead atoms. The van der Waals surface area contributed by atoms with Gasteiger partial charge in [0.25, 0.3) is 0 Å². The second-order valence-electron chi connectivity index (χ2n) is 2.08. The first kappa shape index (κ1) is 11.8. The Hall–Kier alpha value is -0.197. The van der Waals surface area contributed by atoms with Crippen molar-refractivity contribution >= 4 is 9.69 Å². The fraction of sp³-hybridized carbons (Fsp3) is 0.222. The number of hydrogen-bond acceptors (Lipinski definition) is 1. The SMILES string of the molecule is [CH2-]c1ccc(OCC)cc1.[Cl][Zn+]. The van der Waals surface area contributed by atoms with Crippen molar-refractivity contribution in [2.45, 2.75) is 6.92 Å². The average molecular weight is 236 g/mol. The summed E-state index contributed by atoms with van der Waals surface area (Å²) in [6.07, 6.45) is 0. The zero-order valence-electron chi connectivity index (χ0n) is 7.22. The monoisotopic (exact) mass is 234 g/mol. The molecule has 0 amide bonds. The molecule has 0 aromatic heterocycles. The molecule has 3 heteroatoms. The van der Waals surface area contributed by atoms with E-state index in [2.05, 4.69) is 6.92 Å². The summed E-state index contributed by atoms with van der Waals surface area (Å²) in [6, 6.07) is 7.72. The van der Waals surface area contributed by atoms with Gasteiger partial charge in [-0.15, -0.1) is 0 Å². The van der Waals surface area contributed by atoms with Crippen LogP contribution in [0.1, 0.15) is 12.5 Å². The van der Waals surface area contributed by atoms with Crippen molar-refractivity contribution in [3.8, 4) is 5.75 Å². The maximum atomic E-state index is 5.23. The summed E-state index contributed by atoms with van der Waals surface area (Å²) in [6.45, 7) is 6.46. The van der Waals surface area contributed by atoms with Gasteiger partial charge in [-0.25, -0.2) is 0 Å². The van der Waals surface area contributed by atoms with Crippen molar-refractivity contribution in [2.75, 3.05) is 6.61 Å². The molecule has 0 aliphatic rings. The summed E-state index contributed by atoms with van der Waals surface area (Å²) < 4.78 is 5.23. The molecule has 0 N–H and O–H groups in total. The Morgan fingerprint density at radius 1 is 1.33 bits per heavy atom. The van der Waals surface area contributed by atoms with Crippen LogP contribution < -0.4 is 4.74 Å². The van der Waals surface area contributed by atoms with Crippen LogP contribution in [0.5, 0.6) is 5.75 Å². The van der Waals surface area contributed by atoms with Crippen molar-refractivity contribution < 1.29 is 22.0 Å². The molecule has 0 aliphatic carbocycles. The standard InChI is InChI=1S/C9H11O.ClH.Zn/c1-3-10-9-6-4-8(2)5-7-9;;/h4-7H,2-3H2,1H3;1H;/q-1;;+2/p-1. The molecule has 1 rings (SSSR count). The summed E-state index contributed by atoms with van der Waals surface area (Å²) in [4.78, 5) is 0. The molecular weight excluding hydrogens is 225 g/mol. The summed E-state index contributed by atoms with van der Waals surface area (Å²) in [7, 11) is 4.76. The van der Waals surface area contributed by atoms with Gasteiger partial charge in [0.15, 0.2) is 0 Å². The van der Waals surface area contributed by atoms with Crippen molar-refractivity contribution in [3.63, 3.8) is 0 Å². The molecule has 0 aliphatic heterocycles. The number of halogens is 1. The van der Waals surface area contributed by atoms with Crippen molar-refractivity contribution in [3.05, 3.63) is 36.8 Å². The third-order valence-electron chi connectivity index (χ3n) is 1.23. The second kappa shape index (κ2) is 7.45. The van der Waals surface area contributed by atoms with Crippen LogP contribution in [0.2, 0.25) is 0 Å². The molecule has 0 radical (unpaired) electrons. The Bertz CT molecular complexity index is 198. The predicted octanol–water partition coefficient (Wildman–Crippen LogP) is 2.95. The molecular formula is C9H11ClOZn. The van der Waals surface area contributed by atoms with Crippen molar-refractivity contribution in [2.24, 2.45) is 0 Å². The third-order valence-corrected chi connectivity index (χ3v) is 1.23. The van der Waals surface area contributed by atoms with Gasteiger partial charge in [0.1, 0.15) is 0 Å². The van der Waals surface area contributed by atoms with Crippen LogP contribution in [0, 0.1) is 6.92 Å². The molecule has 62 valence electrons. The molecule has 0 heterocycles. The van der Waals surface area contributed by atoms with Crippen LogP contribution in [0.3, 0.4) is 0 Å². The van der Waals surface area contributed by atoms with Crippen LogP contribution in [0.4, 0.5) is 0 Å². The zero-order valence-corrected chi connectivity index (χ0v) is 10.9. The zero-order chi connectivity index (χ0) is 9.40. The molecule has 1 aromatic rings. The van der Waals surface area contributed by atoms with Gasteiger partial charge in [0.05, 0.1) is 12.4 Å². The Morgan fingerprint density at radius 2 is 1.83 bits per heavy atom. The molecule has 1 nitrogen and oxygen atoms in total. The molecule has 0 spiro atoms. The molecule has 0 saturated heterocycles. The predicted molar refractivity (Wildman–Crippen MR) is 47.9 cm³/mol. The van der Waals surface area contributed by atoms with Crippen LogP contribution >= 0.6 is 9.69 Å². The van der Waals surface area contributed by atoms with Gasteiger partial charge in [-0.1, -0.05) is 12.1 Å². The van der Waals surface area contributed by atoms with E-state index in [-0.39, 0.29) is 0 Å². The van der Waals surface area contributed by atoms with E-state index in [0.717, 1.165) is 35.2 Å². The molecule has 12 heavy (non-hydrogen) atoms. The first-order valence-electron chi connectivity index (χ1n) is 3.64. The molecule has 0 unspecified atom stereocenters. The second-order valence-corrected chi connectivity index (χ2v) is 2.08.